The van der Waals surface area contributed by atoms with Gasteiger partial charge in [-0.3, -0.25) is 9.59 Å². The smallest absolute Gasteiger partial charge is 0.308 e. The predicted octanol–water partition coefficient (Wildman–Crippen LogP) is 2.26. The van der Waals surface area contributed by atoms with Crippen LogP contribution >= 0.6 is 0 Å². The lowest BCUT2D eigenvalue weighted by molar-refractivity contribution is -0.142. The lowest BCUT2D eigenvalue weighted by atomic mass is 9.92. The first-order chi connectivity index (χ1) is 11.6. The summed E-state index contributed by atoms with van der Waals surface area (Å²) in [7, 11) is 0. The molecule has 3 aliphatic rings. The van der Waals surface area contributed by atoms with Crippen LogP contribution in [0.1, 0.15) is 36.5 Å². The van der Waals surface area contributed by atoms with E-state index in [1.807, 2.05) is 18.2 Å². The van der Waals surface area contributed by atoms with Gasteiger partial charge in [0.1, 0.15) is 0 Å². The number of carboxylic acid groups (broad SMARTS) is 1. The zero-order valence-corrected chi connectivity index (χ0v) is 13.7. The number of carbonyl (C=O) groups is 2. The first kappa shape index (κ1) is 15.6. The monoisotopic (exact) mass is 329 g/mol. The number of benzene rings is 1. The number of carboxylic acids is 1. The van der Waals surface area contributed by atoms with Gasteiger partial charge in [-0.1, -0.05) is 24.3 Å². The molecule has 0 radical (unpaired) electrons. The summed E-state index contributed by atoms with van der Waals surface area (Å²) in [6.45, 7) is 1.58. The highest BCUT2D eigenvalue weighted by atomic mass is 16.5. The van der Waals surface area contributed by atoms with Crippen LogP contribution in [0.25, 0.3) is 0 Å². The summed E-state index contributed by atoms with van der Waals surface area (Å²) >= 11 is 0. The van der Waals surface area contributed by atoms with Crippen LogP contribution in [0, 0.1) is 17.8 Å². The van der Waals surface area contributed by atoms with Crippen molar-refractivity contribution < 1.29 is 19.4 Å². The van der Waals surface area contributed by atoms with Gasteiger partial charge < -0.3 is 14.7 Å². The summed E-state index contributed by atoms with van der Waals surface area (Å²) in [4.78, 5) is 26.0. The minimum Gasteiger partial charge on any atom is -0.481 e. The number of rotatable bonds is 4. The lowest BCUT2D eigenvalue weighted by Gasteiger charge is -2.27. The molecule has 0 bridgehead atoms. The fourth-order valence-electron chi connectivity index (χ4n) is 4.23. The van der Waals surface area contributed by atoms with Gasteiger partial charge in [-0.25, -0.2) is 0 Å². The van der Waals surface area contributed by atoms with E-state index in [2.05, 4.69) is 6.07 Å². The van der Waals surface area contributed by atoms with Gasteiger partial charge in [0.2, 0.25) is 5.91 Å². The number of nitrogens with zero attached hydrogens (tertiary/aromatic N) is 1. The van der Waals surface area contributed by atoms with Gasteiger partial charge in [0.15, 0.2) is 0 Å². The maximum atomic E-state index is 12.7. The van der Waals surface area contributed by atoms with E-state index >= 15 is 0 Å². The molecule has 1 saturated carbocycles. The van der Waals surface area contributed by atoms with Crippen molar-refractivity contribution in [3.63, 3.8) is 0 Å². The summed E-state index contributed by atoms with van der Waals surface area (Å²) in [5.41, 5.74) is 2.35. The number of amides is 1. The third kappa shape index (κ3) is 2.93. The topological polar surface area (TPSA) is 66.8 Å². The van der Waals surface area contributed by atoms with E-state index in [4.69, 9.17) is 4.74 Å². The molecule has 3 atom stereocenters. The molecule has 5 heteroatoms. The van der Waals surface area contributed by atoms with Crippen LogP contribution in [0.4, 0.5) is 0 Å². The van der Waals surface area contributed by atoms with Gasteiger partial charge in [-0.15, -0.1) is 0 Å². The van der Waals surface area contributed by atoms with E-state index in [-0.39, 0.29) is 17.9 Å². The molecule has 1 aromatic carbocycles. The molecular formula is C19H23NO4. The Morgan fingerprint density at radius 3 is 2.75 bits per heavy atom. The zero-order chi connectivity index (χ0) is 16.7. The van der Waals surface area contributed by atoms with Crippen molar-refractivity contribution in [2.24, 2.45) is 17.8 Å². The highest BCUT2D eigenvalue weighted by Gasteiger charge is 2.47. The van der Waals surface area contributed by atoms with E-state index < -0.39 is 11.9 Å². The zero-order valence-electron chi connectivity index (χ0n) is 13.7. The molecular weight excluding hydrogens is 306 g/mol. The number of carbonyl (C=O) groups excluding carboxylic acids is 1. The molecule has 1 aliphatic carbocycles. The van der Waals surface area contributed by atoms with Crippen molar-refractivity contribution in [2.45, 2.75) is 31.8 Å². The minimum absolute atomic E-state index is 0.0195. The average molecular weight is 329 g/mol. The third-order valence-electron chi connectivity index (χ3n) is 5.71. The number of fused-ring (bicyclic) bond motifs is 1. The summed E-state index contributed by atoms with van der Waals surface area (Å²) in [5.74, 6) is -0.518. The van der Waals surface area contributed by atoms with E-state index in [0.29, 0.717) is 32.0 Å². The van der Waals surface area contributed by atoms with Crippen LogP contribution in [0.2, 0.25) is 0 Å². The number of aliphatic carboxylic acids is 1. The maximum absolute atomic E-state index is 12.7. The van der Waals surface area contributed by atoms with Gasteiger partial charge in [0, 0.05) is 13.1 Å². The van der Waals surface area contributed by atoms with Gasteiger partial charge >= 0.3 is 5.97 Å². The Hall–Kier alpha value is -1.88. The van der Waals surface area contributed by atoms with Crippen LogP contribution in [0.15, 0.2) is 24.3 Å². The van der Waals surface area contributed by atoms with Gasteiger partial charge in [-0.2, -0.15) is 0 Å². The molecule has 4 rings (SSSR count). The predicted molar refractivity (Wildman–Crippen MR) is 87.4 cm³/mol. The Kier molecular flexibility index (Phi) is 4.04. The van der Waals surface area contributed by atoms with E-state index in [1.165, 1.54) is 5.56 Å². The van der Waals surface area contributed by atoms with E-state index in [1.54, 1.807) is 4.90 Å². The van der Waals surface area contributed by atoms with Crippen molar-refractivity contribution in [1.29, 1.82) is 0 Å². The summed E-state index contributed by atoms with van der Waals surface area (Å²) in [6.07, 6.45) is 3.20. The Balaban J connectivity index is 1.45. The number of likely N-dealkylation sites (tertiary alicyclic amines) is 1. The Labute approximate surface area is 141 Å². The maximum Gasteiger partial charge on any atom is 0.308 e. The molecule has 24 heavy (non-hydrogen) atoms. The fraction of sp³-hybridized carbons (Fsp3) is 0.579. The van der Waals surface area contributed by atoms with Gasteiger partial charge in [0.25, 0.3) is 0 Å². The first-order valence-corrected chi connectivity index (χ1v) is 8.83. The molecule has 0 aromatic heterocycles. The molecule has 0 spiro atoms. The van der Waals surface area contributed by atoms with Crippen LogP contribution in [0.5, 0.6) is 0 Å². The van der Waals surface area contributed by atoms with E-state index in [9.17, 15) is 14.7 Å². The summed E-state index contributed by atoms with van der Waals surface area (Å²) in [6, 6.07) is 8.11. The number of ether oxygens (including phenoxy) is 1. The molecule has 1 amide bonds. The van der Waals surface area contributed by atoms with Crippen molar-refractivity contribution in [1.82, 2.24) is 4.90 Å². The standard InChI is InChI=1S/C19H23NO4/c21-18(9-17-14-4-2-1-3-12(14)7-8-24-17)20-10-15(13-5-6-13)16(11-20)19(22)23/h1-4,13,15-17H,5-11H2,(H,22,23)/t15-,16+,17?/m1/s1. The van der Waals surface area contributed by atoms with Crippen molar-refractivity contribution in [2.75, 3.05) is 19.7 Å². The van der Waals surface area contributed by atoms with Crippen LogP contribution in [-0.2, 0) is 20.7 Å². The molecule has 1 saturated heterocycles. The fourth-order valence-corrected chi connectivity index (χ4v) is 4.23. The molecule has 2 heterocycles. The number of hydrogen-bond acceptors (Lipinski definition) is 3. The third-order valence-corrected chi connectivity index (χ3v) is 5.71. The SMILES string of the molecule is O=C(O)[C@H]1CN(C(=O)CC2OCCc3ccccc32)C[C@@H]1C1CC1. The molecule has 1 aromatic rings. The molecule has 1 unspecified atom stereocenters. The lowest BCUT2D eigenvalue weighted by Crippen LogP contribution is -2.32. The number of hydrogen-bond donors (Lipinski definition) is 1. The van der Waals surface area contributed by atoms with Crippen molar-refractivity contribution in [3.8, 4) is 0 Å². The average Bonchev–Trinajstić information content (AvgIpc) is 3.33. The molecule has 2 fully saturated rings. The quantitative estimate of drug-likeness (QED) is 0.920. The normalized spacial score (nSPS) is 29.3. The summed E-state index contributed by atoms with van der Waals surface area (Å²) < 4.78 is 5.83. The first-order valence-electron chi connectivity index (χ1n) is 8.83. The highest BCUT2D eigenvalue weighted by molar-refractivity contribution is 5.79. The minimum atomic E-state index is -0.763. The van der Waals surface area contributed by atoms with E-state index in [0.717, 1.165) is 24.8 Å². The molecule has 5 nitrogen and oxygen atoms in total. The largest absolute Gasteiger partial charge is 0.481 e. The molecule has 1 N–H and O–H groups in total. The van der Waals surface area contributed by atoms with Crippen LogP contribution < -0.4 is 0 Å². The summed E-state index contributed by atoms with van der Waals surface area (Å²) in [5, 5.41) is 9.45. The molecule has 128 valence electrons. The van der Waals surface area contributed by atoms with Crippen LogP contribution in [-0.4, -0.2) is 41.6 Å². The second kappa shape index (κ2) is 6.20. The van der Waals surface area contributed by atoms with Gasteiger partial charge in [0.05, 0.1) is 25.0 Å². The Morgan fingerprint density at radius 2 is 2.00 bits per heavy atom. The van der Waals surface area contributed by atoms with Crippen molar-refractivity contribution in [3.05, 3.63) is 35.4 Å². The Morgan fingerprint density at radius 1 is 1.21 bits per heavy atom. The molecule has 2 aliphatic heterocycles. The van der Waals surface area contributed by atoms with Crippen molar-refractivity contribution >= 4 is 11.9 Å². The second-order valence-electron chi connectivity index (χ2n) is 7.26. The van der Waals surface area contributed by atoms with Gasteiger partial charge in [-0.05, 0) is 42.2 Å². The second-order valence-corrected chi connectivity index (χ2v) is 7.26. The Bertz CT molecular complexity index is 655. The van der Waals surface area contributed by atoms with Crippen LogP contribution in [0.3, 0.4) is 0 Å². The highest BCUT2D eigenvalue weighted by Crippen LogP contribution is 2.44.